The van der Waals surface area contributed by atoms with Crippen LogP contribution in [0.2, 0.25) is 5.02 Å². The van der Waals surface area contributed by atoms with Gasteiger partial charge in [0.15, 0.2) is 0 Å². The molecule has 20 heavy (non-hydrogen) atoms. The second-order valence-electron chi connectivity index (χ2n) is 4.84. The molecule has 5 nitrogen and oxygen atoms in total. The maximum absolute atomic E-state index is 11.1. The van der Waals surface area contributed by atoms with Gasteiger partial charge >= 0.3 is 0 Å². The lowest BCUT2D eigenvalue weighted by molar-refractivity contribution is -0.385. The van der Waals surface area contributed by atoms with E-state index in [9.17, 15) is 10.1 Å². The van der Waals surface area contributed by atoms with Gasteiger partial charge in [0.05, 0.1) is 17.0 Å². The monoisotopic (exact) mass is 293 g/mol. The van der Waals surface area contributed by atoms with E-state index in [0.717, 1.165) is 12.1 Å². The lowest BCUT2D eigenvalue weighted by Gasteiger charge is -2.11. The quantitative estimate of drug-likeness (QED) is 0.680. The van der Waals surface area contributed by atoms with Crippen molar-refractivity contribution in [2.75, 3.05) is 0 Å². The summed E-state index contributed by atoms with van der Waals surface area (Å²) in [7, 11) is 0. The van der Waals surface area contributed by atoms with E-state index in [1.165, 1.54) is 12.1 Å². The zero-order valence-electron chi connectivity index (χ0n) is 11.1. The number of nitro groups is 1. The first-order valence-corrected chi connectivity index (χ1v) is 6.67. The van der Waals surface area contributed by atoms with Gasteiger partial charge < -0.3 is 10.3 Å². The molecule has 2 N–H and O–H groups in total. The molecule has 2 aromatic rings. The molecule has 0 aliphatic carbocycles. The minimum Gasteiger partial charge on any atom is -0.347 e. The lowest BCUT2D eigenvalue weighted by atomic mass is 10.1. The molecule has 1 aromatic carbocycles. The molecule has 1 unspecified atom stereocenters. The standard InChI is InChI=1S/C14H16ClN3O2/c1-10(16)7-13-3-2-6-17(13)9-11-8-12(15)4-5-14(11)18(19)20/h2-6,8,10H,7,9,16H2,1H3. The Morgan fingerprint density at radius 2 is 2.20 bits per heavy atom. The zero-order valence-corrected chi connectivity index (χ0v) is 11.9. The molecule has 0 saturated carbocycles. The largest absolute Gasteiger partial charge is 0.347 e. The second kappa shape index (κ2) is 6.07. The van der Waals surface area contributed by atoms with Crippen molar-refractivity contribution in [2.24, 2.45) is 5.73 Å². The number of nitrogens with zero attached hydrogens (tertiary/aromatic N) is 2. The van der Waals surface area contributed by atoms with Gasteiger partial charge in [0.2, 0.25) is 0 Å². The molecular formula is C14H16ClN3O2. The average Bonchev–Trinajstić information content (AvgIpc) is 2.75. The summed E-state index contributed by atoms with van der Waals surface area (Å²) >= 11 is 5.93. The maximum Gasteiger partial charge on any atom is 0.274 e. The Morgan fingerprint density at radius 1 is 1.45 bits per heavy atom. The van der Waals surface area contributed by atoms with E-state index in [1.54, 1.807) is 6.07 Å². The van der Waals surface area contributed by atoms with Crippen molar-refractivity contribution < 1.29 is 4.92 Å². The number of nitrogens with two attached hydrogens (primary N) is 1. The van der Waals surface area contributed by atoms with Crippen LogP contribution in [0.25, 0.3) is 0 Å². The molecule has 0 aliphatic heterocycles. The van der Waals surface area contributed by atoms with Gasteiger partial charge in [-0.3, -0.25) is 10.1 Å². The van der Waals surface area contributed by atoms with Crippen LogP contribution in [0.1, 0.15) is 18.2 Å². The average molecular weight is 294 g/mol. The first-order valence-electron chi connectivity index (χ1n) is 6.30. The normalized spacial score (nSPS) is 12.3. The fourth-order valence-electron chi connectivity index (χ4n) is 2.16. The molecular weight excluding hydrogens is 278 g/mol. The maximum atomic E-state index is 11.1. The van der Waals surface area contributed by atoms with E-state index >= 15 is 0 Å². The number of hydrogen-bond donors (Lipinski definition) is 1. The topological polar surface area (TPSA) is 74.1 Å². The minimum atomic E-state index is -0.388. The van der Waals surface area contributed by atoms with E-state index in [0.29, 0.717) is 17.1 Å². The highest BCUT2D eigenvalue weighted by Gasteiger charge is 2.15. The van der Waals surface area contributed by atoms with Crippen molar-refractivity contribution in [3.8, 4) is 0 Å². The first-order chi connectivity index (χ1) is 9.47. The van der Waals surface area contributed by atoms with Crippen LogP contribution in [0, 0.1) is 10.1 Å². The van der Waals surface area contributed by atoms with E-state index in [2.05, 4.69) is 0 Å². The van der Waals surface area contributed by atoms with E-state index in [-0.39, 0.29) is 16.7 Å². The van der Waals surface area contributed by atoms with Crippen molar-refractivity contribution in [1.29, 1.82) is 0 Å². The highest BCUT2D eigenvalue weighted by atomic mass is 35.5. The highest BCUT2D eigenvalue weighted by Crippen LogP contribution is 2.24. The van der Waals surface area contributed by atoms with Gasteiger partial charge in [-0.05, 0) is 31.2 Å². The predicted octanol–water partition coefficient (Wildman–Crippen LogP) is 2.99. The number of benzene rings is 1. The Labute approximate surface area is 122 Å². The lowest BCUT2D eigenvalue weighted by Crippen LogP contribution is -2.20. The molecule has 1 atom stereocenters. The van der Waals surface area contributed by atoms with E-state index in [1.807, 2.05) is 29.8 Å². The summed E-state index contributed by atoms with van der Waals surface area (Å²) in [6, 6.07) is 8.52. The van der Waals surface area contributed by atoms with Crippen LogP contribution in [0.3, 0.4) is 0 Å². The Morgan fingerprint density at radius 3 is 2.85 bits per heavy atom. The van der Waals surface area contributed by atoms with Gasteiger partial charge in [-0.1, -0.05) is 11.6 Å². The van der Waals surface area contributed by atoms with Crippen molar-refractivity contribution in [2.45, 2.75) is 25.9 Å². The van der Waals surface area contributed by atoms with Crippen molar-refractivity contribution in [1.82, 2.24) is 4.57 Å². The van der Waals surface area contributed by atoms with Gasteiger partial charge in [0.1, 0.15) is 0 Å². The van der Waals surface area contributed by atoms with Crippen molar-refractivity contribution >= 4 is 17.3 Å². The Balaban J connectivity index is 2.32. The molecule has 0 fully saturated rings. The molecule has 0 amide bonds. The SMILES string of the molecule is CC(N)Cc1cccn1Cc1cc(Cl)ccc1[N+](=O)[O-]. The zero-order chi connectivity index (χ0) is 14.7. The number of halogens is 1. The molecule has 2 rings (SSSR count). The van der Waals surface area contributed by atoms with Crippen LogP contribution in [0.15, 0.2) is 36.5 Å². The number of nitro benzene ring substituents is 1. The molecule has 0 saturated heterocycles. The molecule has 0 aliphatic rings. The fraction of sp³-hybridized carbons (Fsp3) is 0.286. The molecule has 0 radical (unpaired) electrons. The molecule has 1 aromatic heterocycles. The predicted molar refractivity (Wildman–Crippen MR) is 79.0 cm³/mol. The van der Waals surface area contributed by atoms with Gasteiger partial charge in [-0.25, -0.2) is 0 Å². The Hall–Kier alpha value is -1.85. The van der Waals surface area contributed by atoms with Gasteiger partial charge in [-0.2, -0.15) is 0 Å². The molecule has 6 heteroatoms. The third-order valence-electron chi connectivity index (χ3n) is 3.03. The minimum absolute atomic E-state index is 0.0398. The van der Waals surface area contributed by atoms with Gasteiger partial charge in [0, 0.05) is 35.4 Å². The van der Waals surface area contributed by atoms with Crippen LogP contribution >= 0.6 is 11.6 Å². The molecule has 1 heterocycles. The summed E-state index contributed by atoms with van der Waals surface area (Å²) in [5.74, 6) is 0. The molecule has 0 bridgehead atoms. The summed E-state index contributed by atoms with van der Waals surface area (Å²) in [5, 5.41) is 11.5. The Kier molecular flexibility index (Phi) is 4.42. The van der Waals surface area contributed by atoms with E-state index in [4.69, 9.17) is 17.3 Å². The van der Waals surface area contributed by atoms with Crippen LogP contribution in [-0.2, 0) is 13.0 Å². The van der Waals surface area contributed by atoms with Crippen LogP contribution < -0.4 is 5.73 Å². The third kappa shape index (κ3) is 3.37. The fourth-order valence-corrected chi connectivity index (χ4v) is 2.36. The molecule has 106 valence electrons. The third-order valence-corrected chi connectivity index (χ3v) is 3.27. The van der Waals surface area contributed by atoms with Gasteiger partial charge in [-0.15, -0.1) is 0 Å². The summed E-state index contributed by atoms with van der Waals surface area (Å²) in [6.45, 7) is 2.34. The smallest absolute Gasteiger partial charge is 0.274 e. The van der Waals surface area contributed by atoms with Crippen LogP contribution in [-0.4, -0.2) is 15.5 Å². The van der Waals surface area contributed by atoms with Crippen LogP contribution in [0.5, 0.6) is 0 Å². The number of hydrogen-bond acceptors (Lipinski definition) is 3. The second-order valence-corrected chi connectivity index (χ2v) is 5.28. The van der Waals surface area contributed by atoms with Crippen molar-refractivity contribution in [3.63, 3.8) is 0 Å². The number of aromatic nitrogens is 1. The van der Waals surface area contributed by atoms with E-state index < -0.39 is 0 Å². The van der Waals surface area contributed by atoms with Crippen LogP contribution in [0.4, 0.5) is 5.69 Å². The molecule has 0 spiro atoms. The number of rotatable bonds is 5. The summed E-state index contributed by atoms with van der Waals surface area (Å²) in [6.07, 6.45) is 2.61. The Bertz CT molecular complexity index is 623. The summed E-state index contributed by atoms with van der Waals surface area (Å²) in [5.41, 5.74) is 7.52. The summed E-state index contributed by atoms with van der Waals surface area (Å²) < 4.78 is 1.96. The van der Waals surface area contributed by atoms with Gasteiger partial charge in [0.25, 0.3) is 5.69 Å². The summed E-state index contributed by atoms with van der Waals surface area (Å²) in [4.78, 5) is 10.7. The highest BCUT2D eigenvalue weighted by molar-refractivity contribution is 6.30. The first kappa shape index (κ1) is 14.6. The van der Waals surface area contributed by atoms with Crippen molar-refractivity contribution in [3.05, 3.63) is 62.9 Å².